The van der Waals surface area contributed by atoms with Crippen LogP contribution in [-0.4, -0.2) is 9.97 Å². The summed E-state index contributed by atoms with van der Waals surface area (Å²) in [4.78, 5) is 8.12. The van der Waals surface area contributed by atoms with Crippen molar-refractivity contribution in [3.05, 3.63) is 47.3 Å². The van der Waals surface area contributed by atoms with Crippen molar-refractivity contribution in [3.63, 3.8) is 0 Å². The Morgan fingerprint density at radius 2 is 2.05 bits per heavy atom. The van der Waals surface area contributed by atoms with Gasteiger partial charge in [0.2, 0.25) is 0 Å². The molecule has 0 aliphatic heterocycles. The van der Waals surface area contributed by atoms with E-state index >= 15 is 0 Å². The Kier molecular flexibility index (Phi) is 3.97. The summed E-state index contributed by atoms with van der Waals surface area (Å²) in [5.74, 6) is 0.788. The van der Waals surface area contributed by atoms with Crippen LogP contribution in [0.2, 0.25) is 0 Å². The molecule has 0 fully saturated rings. The first kappa shape index (κ1) is 12.9. The molecule has 0 aromatic carbocycles. The zero-order valence-electron chi connectivity index (χ0n) is 9.87. The molecule has 2 aromatic heterocycles. The molecule has 2 aromatic rings. The highest BCUT2D eigenvalue weighted by Gasteiger charge is 2.10. The molecule has 92 valence electrons. The normalized spacial score (nSPS) is 9.58. The molecule has 0 saturated carbocycles. The second kappa shape index (κ2) is 5.85. The van der Waals surface area contributed by atoms with Crippen molar-refractivity contribution in [1.29, 1.82) is 10.5 Å². The van der Waals surface area contributed by atoms with E-state index in [1.165, 1.54) is 17.8 Å². The van der Waals surface area contributed by atoms with E-state index in [2.05, 4.69) is 9.97 Å². The van der Waals surface area contributed by atoms with Crippen molar-refractivity contribution in [2.75, 3.05) is 5.73 Å². The molecule has 2 heterocycles. The molecule has 6 heteroatoms. The van der Waals surface area contributed by atoms with Gasteiger partial charge in [0.1, 0.15) is 23.0 Å². The van der Waals surface area contributed by atoms with Gasteiger partial charge in [-0.1, -0.05) is 6.07 Å². The minimum absolute atomic E-state index is 0.148. The highest BCUT2D eigenvalue weighted by Crippen LogP contribution is 2.26. The van der Waals surface area contributed by atoms with Crippen LogP contribution in [-0.2, 0) is 5.75 Å². The number of hydrogen-bond acceptors (Lipinski definition) is 6. The van der Waals surface area contributed by atoms with Crippen LogP contribution in [0.15, 0.2) is 35.6 Å². The average Bonchev–Trinajstić information content (AvgIpc) is 2.46. The highest BCUT2D eigenvalue weighted by molar-refractivity contribution is 7.98. The molecular formula is C13H9N5S. The van der Waals surface area contributed by atoms with Crippen LogP contribution in [0.3, 0.4) is 0 Å². The number of hydrogen-bond donors (Lipinski definition) is 1. The van der Waals surface area contributed by atoms with E-state index in [0.29, 0.717) is 16.3 Å². The summed E-state index contributed by atoms with van der Waals surface area (Å²) in [5.41, 5.74) is 7.27. The van der Waals surface area contributed by atoms with Crippen molar-refractivity contribution < 1.29 is 0 Å². The smallest absolute Gasteiger partial charge is 0.142 e. The number of aromatic nitrogens is 2. The van der Waals surface area contributed by atoms with E-state index in [1.54, 1.807) is 12.4 Å². The first-order valence-corrected chi connectivity index (χ1v) is 6.35. The molecule has 0 radical (unpaired) electrons. The molecule has 0 aliphatic rings. The van der Waals surface area contributed by atoms with Crippen molar-refractivity contribution in [3.8, 4) is 12.1 Å². The van der Waals surface area contributed by atoms with Gasteiger partial charge in [0.05, 0.1) is 11.1 Å². The number of nitrogens with zero attached hydrogens (tertiary/aromatic N) is 4. The van der Waals surface area contributed by atoms with Gasteiger partial charge in [-0.05, 0) is 17.7 Å². The predicted octanol–water partition coefficient (Wildman–Crippen LogP) is 2.09. The van der Waals surface area contributed by atoms with Gasteiger partial charge < -0.3 is 5.73 Å². The quantitative estimate of drug-likeness (QED) is 0.855. The minimum Gasteiger partial charge on any atom is -0.383 e. The van der Waals surface area contributed by atoms with Gasteiger partial charge in [-0.2, -0.15) is 10.5 Å². The fourth-order valence-corrected chi connectivity index (χ4v) is 2.32. The van der Waals surface area contributed by atoms with Crippen LogP contribution in [0.5, 0.6) is 0 Å². The van der Waals surface area contributed by atoms with Crippen LogP contribution in [0.25, 0.3) is 0 Å². The highest BCUT2D eigenvalue weighted by atomic mass is 32.2. The van der Waals surface area contributed by atoms with Crippen molar-refractivity contribution in [1.82, 2.24) is 9.97 Å². The van der Waals surface area contributed by atoms with E-state index < -0.39 is 0 Å². The Morgan fingerprint density at radius 3 is 2.68 bits per heavy atom. The van der Waals surface area contributed by atoms with Gasteiger partial charge in [0.25, 0.3) is 0 Å². The van der Waals surface area contributed by atoms with Crippen LogP contribution < -0.4 is 5.73 Å². The van der Waals surface area contributed by atoms with Crippen molar-refractivity contribution in [2.45, 2.75) is 10.8 Å². The Bertz CT molecular complexity index is 670. The molecule has 5 nitrogen and oxygen atoms in total. The molecular weight excluding hydrogens is 258 g/mol. The summed E-state index contributed by atoms with van der Waals surface area (Å²) in [7, 11) is 0. The fraction of sp³-hybridized carbons (Fsp3) is 0.0769. The first-order valence-electron chi connectivity index (χ1n) is 5.37. The standard InChI is InChI=1S/C13H9N5S/c14-5-10-4-11(6-15)13(18-12(10)16)19-8-9-2-1-3-17-7-9/h1-4,7H,8H2,(H2,16,18). The lowest BCUT2D eigenvalue weighted by Crippen LogP contribution is -1.99. The number of pyridine rings is 2. The van der Waals surface area contributed by atoms with E-state index in [4.69, 9.17) is 16.3 Å². The van der Waals surface area contributed by atoms with Crippen molar-refractivity contribution in [2.24, 2.45) is 0 Å². The molecule has 2 N–H and O–H groups in total. The van der Waals surface area contributed by atoms with Gasteiger partial charge in [-0.15, -0.1) is 11.8 Å². The number of anilines is 1. The molecule has 0 saturated heterocycles. The summed E-state index contributed by atoms with van der Waals surface area (Å²) in [6.07, 6.45) is 3.46. The Hall–Kier alpha value is -2.57. The average molecular weight is 267 g/mol. The molecule has 0 unspecified atom stereocenters. The van der Waals surface area contributed by atoms with E-state index in [-0.39, 0.29) is 11.4 Å². The molecule has 2 rings (SSSR count). The molecule has 0 aliphatic carbocycles. The molecule has 0 amide bonds. The van der Waals surface area contributed by atoms with Crippen LogP contribution in [0.4, 0.5) is 5.82 Å². The zero-order valence-corrected chi connectivity index (χ0v) is 10.7. The van der Waals surface area contributed by atoms with E-state index in [1.807, 2.05) is 24.3 Å². The van der Waals surface area contributed by atoms with Gasteiger partial charge in [-0.25, -0.2) is 4.98 Å². The third-order valence-electron chi connectivity index (χ3n) is 2.36. The molecule has 0 bridgehead atoms. The zero-order chi connectivity index (χ0) is 13.7. The number of rotatable bonds is 3. The molecule has 0 spiro atoms. The SMILES string of the molecule is N#Cc1cc(C#N)c(SCc2cccnc2)nc1N. The first-order chi connectivity index (χ1) is 9.24. The monoisotopic (exact) mass is 267 g/mol. The predicted molar refractivity (Wildman–Crippen MR) is 71.9 cm³/mol. The number of nitrogen functional groups attached to an aromatic ring is 1. The summed E-state index contributed by atoms with van der Waals surface area (Å²) in [6, 6.07) is 9.20. The fourth-order valence-electron chi connectivity index (χ4n) is 1.42. The van der Waals surface area contributed by atoms with E-state index in [0.717, 1.165) is 5.56 Å². The second-order valence-corrected chi connectivity index (χ2v) is 4.61. The Labute approximate surface area is 114 Å². The van der Waals surface area contributed by atoms with Crippen LogP contribution in [0, 0.1) is 22.7 Å². The lowest BCUT2D eigenvalue weighted by Gasteiger charge is -2.05. The van der Waals surface area contributed by atoms with Gasteiger partial charge in [-0.3, -0.25) is 4.98 Å². The molecule has 19 heavy (non-hydrogen) atoms. The minimum atomic E-state index is 0.148. The third kappa shape index (κ3) is 3.01. The lowest BCUT2D eigenvalue weighted by atomic mass is 10.2. The largest absolute Gasteiger partial charge is 0.383 e. The van der Waals surface area contributed by atoms with Crippen molar-refractivity contribution >= 4 is 17.6 Å². The second-order valence-electron chi connectivity index (χ2n) is 3.65. The maximum atomic E-state index is 9.06. The third-order valence-corrected chi connectivity index (χ3v) is 3.42. The summed E-state index contributed by atoms with van der Waals surface area (Å²) < 4.78 is 0. The van der Waals surface area contributed by atoms with Gasteiger partial charge in [0, 0.05) is 18.1 Å². The van der Waals surface area contributed by atoms with Gasteiger partial charge in [0.15, 0.2) is 0 Å². The maximum absolute atomic E-state index is 9.06. The Morgan fingerprint density at radius 1 is 1.26 bits per heavy atom. The lowest BCUT2D eigenvalue weighted by molar-refractivity contribution is 1.11. The van der Waals surface area contributed by atoms with Crippen LogP contribution >= 0.6 is 11.8 Å². The van der Waals surface area contributed by atoms with Crippen LogP contribution in [0.1, 0.15) is 16.7 Å². The number of nitrogens with two attached hydrogens (primary N) is 1. The maximum Gasteiger partial charge on any atom is 0.142 e. The number of thioether (sulfide) groups is 1. The molecule has 0 atom stereocenters. The van der Waals surface area contributed by atoms with E-state index in [9.17, 15) is 0 Å². The Balaban J connectivity index is 2.24. The summed E-state index contributed by atoms with van der Waals surface area (Å²) in [6.45, 7) is 0. The topological polar surface area (TPSA) is 99.4 Å². The van der Waals surface area contributed by atoms with Gasteiger partial charge >= 0.3 is 0 Å². The summed E-state index contributed by atoms with van der Waals surface area (Å²) in [5, 5.41) is 18.4. The summed E-state index contributed by atoms with van der Waals surface area (Å²) >= 11 is 1.40. The number of nitriles is 2.